The van der Waals surface area contributed by atoms with E-state index in [1.54, 1.807) is 0 Å². The number of aliphatic hydroxyl groups is 1. The highest BCUT2D eigenvalue weighted by atomic mass is 16.3. The molecule has 106 valence electrons. The van der Waals surface area contributed by atoms with E-state index in [0.29, 0.717) is 0 Å². The van der Waals surface area contributed by atoms with Crippen LogP contribution < -0.4 is 0 Å². The third-order valence-corrected chi connectivity index (χ3v) is 4.28. The molecule has 0 spiro atoms. The number of benzene rings is 1. The van der Waals surface area contributed by atoms with Gasteiger partial charge in [-0.05, 0) is 37.6 Å². The largest absolute Gasteiger partial charge is 0.389 e. The Labute approximate surface area is 120 Å². The van der Waals surface area contributed by atoms with E-state index in [9.17, 15) is 5.11 Å². The van der Waals surface area contributed by atoms with Crippen molar-refractivity contribution < 1.29 is 5.11 Å². The van der Waals surface area contributed by atoms with Crippen molar-refractivity contribution in [2.24, 2.45) is 0 Å². The Balaban J connectivity index is 1.75. The summed E-state index contributed by atoms with van der Waals surface area (Å²) < 4.78 is 0. The average Bonchev–Trinajstić information content (AvgIpc) is 2.85. The van der Waals surface area contributed by atoms with Gasteiger partial charge in [0, 0.05) is 24.7 Å². The lowest BCUT2D eigenvalue weighted by atomic mass is 10.0. The van der Waals surface area contributed by atoms with Gasteiger partial charge in [0.05, 0.1) is 11.1 Å². The van der Waals surface area contributed by atoms with E-state index in [-0.39, 0.29) is 0 Å². The third kappa shape index (κ3) is 2.84. The number of aromatic nitrogens is 1. The van der Waals surface area contributed by atoms with Crippen LogP contribution in [-0.4, -0.2) is 34.2 Å². The van der Waals surface area contributed by atoms with Gasteiger partial charge in [-0.2, -0.15) is 0 Å². The lowest BCUT2D eigenvalue weighted by molar-refractivity contribution is 0.0146. The minimum atomic E-state index is -0.475. The first kappa shape index (κ1) is 13.5. The molecule has 1 N–H and O–H groups in total. The van der Waals surface area contributed by atoms with Gasteiger partial charge >= 0.3 is 0 Å². The summed E-state index contributed by atoms with van der Waals surface area (Å²) in [5.41, 5.74) is 1.84. The van der Waals surface area contributed by atoms with Crippen molar-refractivity contribution >= 4 is 10.9 Å². The fourth-order valence-electron chi connectivity index (χ4n) is 3.33. The molecule has 1 heterocycles. The second-order valence-corrected chi connectivity index (χ2v) is 6.09. The predicted molar refractivity (Wildman–Crippen MR) is 81.5 cm³/mol. The van der Waals surface area contributed by atoms with Gasteiger partial charge in [0.15, 0.2) is 0 Å². The molecule has 3 rings (SSSR count). The monoisotopic (exact) mass is 270 g/mol. The van der Waals surface area contributed by atoms with Crippen LogP contribution in [0.2, 0.25) is 0 Å². The first-order valence-corrected chi connectivity index (χ1v) is 7.40. The number of hydrogen-bond acceptors (Lipinski definition) is 3. The Morgan fingerprint density at radius 2 is 1.95 bits per heavy atom. The van der Waals surface area contributed by atoms with Crippen molar-refractivity contribution in [3.63, 3.8) is 0 Å². The number of fused-ring (bicyclic) bond motifs is 1. The highest BCUT2D eigenvalue weighted by molar-refractivity contribution is 5.81. The Morgan fingerprint density at radius 1 is 1.20 bits per heavy atom. The molecule has 1 aliphatic carbocycles. The van der Waals surface area contributed by atoms with Crippen LogP contribution in [0.4, 0.5) is 0 Å². The first-order chi connectivity index (χ1) is 9.66. The summed E-state index contributed by atoms with van der Waals surface area (Å²) >= 11 is 0. The SMILES string of the molecule is CN(Cc1ccnc2ccccc12)CC1(O)CCCC1. The molecule has 0 aliphatic heterocycles. The smallest absolute Gasteiger partial charge is 0.0774 e. The number of nitrogens with zero attached hydrogens (tertiary/aromatic N) is 2. The molecule has 2 aromatic rings. The summed E-state index contributed by atoms with van der Waals surface area (Å²) in [4.78, 5) is 6.63. The van der Waals surface area contributed by atoms with Crippen molar-refractivity contribution in [3.05, 3.63) is 42.1 Å². The highest BCUT2D eigenvalue weighted by Crippen LogP contribution is 2.30. The summed E-state index contributed by atoms with van der Waals surface area (Å²) in [5.74, 6) is 0. The molecular formula is C17H22N2O. The average molecular weight is 270 g/mol. The molecule has 3 nitrogen and oxygen atoms in total. The van der Waals surface area contributed by atoms with E-state index in [4.69, 9.17) is 0 Å². The van der Waals surface area contributed by atoms with Gasteiger partial charge in [-0.3, -0.25) is 9.88 Å². The van der Waals surface area contributed by atoms with Gasteiger partial charge in [0.2, 0.25) is 0 Å². The lowest BCUT2D eigenvalue weighted by Crippen LogP contribution is -2.38. The van der Waals surface area contributed by atoms with Crippen LogP contribution >= 0.6 is 0 Å². The normalized spacial score (nSPS) is 17.9. The lowest BCUT2D eigenvalue weighted by Gasteiger charge is -2.28. The van der Waals surface area contributed by atoms with Crippen LogP contribution in [0, 0.1) is 0 Å². The van der Waals surface area contributed by atoms with E-state index in [0.717, 1.165) is 44.3 Å². The molecule has 1 fully saturated rings. The fourth-order valence-corrected chi connectivity index (χ4v) is 3.33. The maximum Gasteiger partial charge on any atom is 0.0774 e. The molecule has 1 aromatic carbocycles. The molecule has 1 aliphatic rings. The maximum absolute atomic E-state index is 10.5. The van der Waals surface area contributed by atoms with E-state index in [2.05, 4.69) is 35.1 Å². The molecule has 3 heteroatoms. The molecule has 0 bridgehead atoms. The number of hydrogen-bond donors (Lipinski definition) is 1. The number of rotatable bonds is 4. The summed E-state index contributed by atoms with van der Waals surface area (Å²) in [7, 11) is 2.09. The van der Waals surface area contributed by atoms with Crippen LogP contribution in [0.3, 0.4) is 0 Å². The maximum atomic E-state index is 10.5. The Kier molecular flexibility index (Phi) is 3.72. The van der Waals surface area contributed by atoms with Crippen LogP contribution in [0.1, 0.15) is 31.2 Å². The van der Waals surface area contributed by atoms with Crippen molar-refractivity contribution in [2.45, 2.75) is 37.8 Å². The Bertz CT molecular complexity index is 585. The molecule has 1 aromatic heterocycles. The van der Waals surface area contributed by atoms with Crippen molar-refractivity contribution in [1.29, 1.82) is 0 Å². The standard InChI is InChI=1S/C17H22N2O/c1-19(13-17(20)9-4-5-10-17)12-14-8-11-18-16-7-3-2-6-15(14)16/h2-3,6-8,11,20H,4-5,9-10,12-13H2,1H3. The molecule has 1 saturated carbocycles. The third-order valence-electron chi connectivity index (χ3n) is 4.28. The first-order valence-electron chi connectivity index (χ1n) is 7.40. The molecule has 0 amide bonds. The van der Waals surface area contributed by atoms with Crippen LogP contribution in [0.15, 0.2) is 36.5 Å². The minimum Gasteiger partial charge on any atom is -0.389 e. The fraction of sp³-hybridized carbons (Fsp3) is 0.471. The van der Waals surface area contributed by atoms with Crippen LogP contribution in [0.5, 0.6) is 0 Å². The van der Waals surface area contributed by atoms with Crippen molar-refractivity contribution in [3.8, 4) is 0 Å². The summed E-state index contributed by atoms with van der Waals surface area (Å²) in [6.45, 7) is 1.61. The van der Waals surface area contributed by atoms with Gasteiger partial charge < -0.3 is 5.11 Å². The van der Waals surface area contributed by atoms with Crippen LogP contribution in [-0.2, 0) is 6.54 Å². The van der Waals surface area contributed by atoms with Gasteiger partial charge in [-0.25, -0.2) is 0 Å². The zero-order chi connectivity index (χ0) is 14.0. The molecule has 0 radical (unpaired) electrons. The van der Waals surface area contributed by atoms with Gasteiger partial charge in [-0.15, -0.1) is 0 Å². The molecule has 0 atom stereocenters. The second-order valence-electron chi connectivity index (χ2n) is 6.09. The van der Waals surface area contributed by atoms with E-state index in [1.807, 2.05) is 18.3 Å². The minimum absolute atomic E-state index is 0.475. The predicted octanol–water partition coefficient (Wildman–Crippen LogP) is 2.97. The number of pyridine rings is 1. The van der Waals surface area contributed by atoms with Gasteiger partial charge in [0.25, 0.3) is 0 Å². The highest BCUT2D eigenvalue weighted by Gasteiger charge is 2.32. The Morgan fingerprint density at radius 3 is 2.75 bits per heavy atom. The zero-order valence-corrected chi connectivity index (χ0v) is 12.0. The summed E-state index contributed by atoms with van der Waals surface area (Å²) in [6.07, 6.45) is 6.06. The molecule has 0 saturated heterocycles. The van der Waals surface area contributed by atoms with Crippen LogP contribution in [0.25, 0.3) is 10.9 Å². The summed E-state index contributed by atoms with van der Waals surface area (Å²) in [5, 5.41) is 11.7. The Hall–Kier alpha value is -1.45. The molecule has 0 unspecified atom stereocenters. The molecule has 20 heavy (non-hydrogen) atoms. The molecular weight excluding hydrogens is 248 g/mol. The quantitative estimate of drug-likeness (QED) is 0.928. The second kappa shape index (κ2) is 5.51. The number of para-hydroxylation sites is 1. The van der Waals surface area contributed by atoms with Gasteiger partial charge in [-0.1, -0.05) is 31.0 Å². The van der Waals surface area contributed by atoms with Gasteiger partial charge in [0.1, 0.15) is 0 Å². The zero-order valence-electron chi connectivity index (χ0n) is 12.0. The van der Waals surface area contributed by atoms with Crippen molar-refractivity contribution in [2.75, 3.05) is 13.6 Å². The topological polar surface area (TPSA) is 36.4 Å². The number of likely N-dealkylation sites (N-methyl/N-ethyl adjacent to an activating group) is 1. The van der Waals surface area contributed by atoms with E-state index < -0.39 is 5.60 Å². The van der Waals surface area contributed by atoms with Crippen molar-refractivity contribution in [1.82, 2.24) is 9.88 Å². The van der Waals surface area contributed by atoms with E-state index in [1.165, 1.54) is 10.9 Å². The summed E-state index contributed by atoms with van der Waals surface area (Å²) in [6, 6.07) is 10.3. The van der Waals surface area contributed by atoms with E-state index >= 15 is 0 Å².